The Bertz CT molecular complexity index is 1440. The summed E-state index contributed by atoms with van der Waals surface area (Å²) < 4.78 is 20.2. The zero-order chi connectivity index (χ0) is 30.5. The maximum atomic E-state index is 14.4. The Hall–Kier alpha value is -3.23. The molecule has 3 fully saturated rings. The maximum absolute atomic E-state index is 14.4. The van der Waals surface area contributed by atoms with Crippen LogP contribution >= 0.6 is 11.6 Å². The Labute approximate surface area is 257 Å². The Balaban J connectivity index is 1.30. The molecule has 4 aliphatic rings. The number of fused-ring (bicyclic) bond motifs is 1. The van der Waals surface area contributed by atoms with E-state index in [0.717, 1.165) is 31.2 Å². The molecule has 43 heavy (non-hydrogen) atoms. The molecule has 9 heteroatoms. The largest absolute Gasteiger partial charge is 0.359 e. The number of hydrogen-bond acceptors (Lipinski definition) is 4. The molecule has 7 nitrogen and oxygen atoms in total. The zero-order valence-electron chi connectivity index (χ0n) is 24.8. The number of carbonyl (C=O) groups is 3. The van der Waals surface area contributed by atoms with Crippen molar-refractivity contribution < 1.29 is 23.5 Å². The minimum Gasteiger partial charge on any atom is -0.359 e. The highest BCUT2D eigenvalue weighted by Gasteiger charge is 2.73. The molecule has 2 bridgehead atoms. The third-order valence-electron chi connectivity index (χ3n) is 10.3. The molecule has 0 radical (unpaired) electrons. The molecule has 1 spiro atoms. The molecular weight excluding hydrogens is 569 g/mol. The van der Waals surface area contributed by atoms with Gasteiger partial charge in [-0.15, -0.1) is 0 Å². The monoisotopic (exact) mass is 607 g/mol. The molecule has 3 heterocycles. The molecule has 6 rings (SSSR count). The van der Waals surface area contributed by atoms with Gasteiger partial charge in [0.15, 0.2) is 0 Å². The topological polar surface area (TPSA) is 87.7 Å². The van der Waals surface area contributed by atoms with Gasteiger partial charge in [-0.05, 0) is 61.8 Å². The van der Waals surface area contributed by atoms with Gasteiger partial charge in [-0.3, -0.25) is 14.4 Å². The summed E-state index contributed by atoms with van der Waals surface area (Å²) in [6.45, 7) is 6.36. The summed E-state index contributed by atoms with van der Waals surface area (Å²) in [7, 11) is 0. The van der Waals surface area contributed by atoms with Crippen molar-refractivity contribution in [2.45, 2.75) is 82.7 Å². The fraction of sp³-hybridized carbons (Fsp3) is 0.500. The fourth-order valence-corrected chi connectivity index (χ4v) is 7.87. The number of rotatable bonds is 8. The zero-order valence-corrected chi connectivity index (χ0v) is 25.5. The smallest absolute Gasteiger partial charge is 0.246 e. The molecular formula is C34H39ClFN3O4. The molecule has 3 aliphatic heterocycles. The van der Waals surface area contributed by atoms with Crippen molar-refractivity contribution in [3.05, 3.63) is 77.1 Å². The summed E-state index contributed by atoms with van der Waals surface area (Å²) >= 11 is 5.94. The molecule has 9 atom stereocenters. The summed E-state index contributed by atoms with van der Waals surface area (Å²) in [6, 6.07) is 12.8. The average molecular weight is 608 g/mol. The van der Waals surface area contributed by atoms with Gasteiger partial charge in [0, 0.05) is 17.8 Å². The third-order valence-corrected chi connectivity index (χ3v) is 10.5. The first-order valence-corrected chi connectivity index (χ1v) is 15.8. The quantitative estimate of drug-likeness (QED) is 0.386. The van der Waals surface area contributed by atoms with Crippen LogP contribution in [-0.4, -0.2) is 52.5 Å². The highest BCUT2D eigenvalue weighted by Crippen LogP contribution is 2.56. The lowest BCUT2D eigenvalue weighted by atomic mass is 9.73. The first-order chi connectivity index (χ1) is 20.6. The van der Waals surface area contributed by atoms with E-state index >= 15 is 0 Å². The number of likely N-dealkylation sites (tertiary alicyclic amines) is 1. The highest BCUT2D eigenvalue weighted by atomic mass is 35.5. The van der Waals surface area contributed by atoms with Crippen LogP contribution in [0.1, 0.15) is 52.0 Å². The molecule has 1 aliphatic carbocycles. The van der Waals surface area contributed by atoms with Gasteiger partial charge in [-0.2, -0.15) is 0 Å². The van der Waals surface area contributed by atoms with Crippen molar-refractivity contribution in [3.63, 3.8) is 0 Å². The van der Waals surface area contributed by atoms with Gasteiger partial charge in [0.05, 0.1) is 23.0 Å². The Morgan fingerprint density at radius 2 is 1.91 bits per heavy atom. The van der Waals surface area contributed by atoms with Gasteiger partial charge >= 0.3 is 0 Å². The molecule has 0 aromatic heterocycles. The lowest BCUT2D eigenvalue weighted by Crippen LogP contribution is -2.59. The predicted octanol–water partition coefficient (Wildman–Crippen LogP) is 5.53. The Morgan fingerprint density at radius 1 is 1.14 bits per heavy atom. The number of anilines is 1. The number of hydrogen-bond donors (Lipinski definition) is 2. The summed E-state index contributed by atoms with van der Waals surface area (Å²) in [5.74, 6) is -2.42. The second-order valence-electron chi connectivity index (χ2n) is 12.8. The van der Waals surface area contributed by atoms with Crippen LogP contribution in [0.5, 0.6) is 0 Å². The Morgan fingerprint density at radius 3 is 2.65 bits per heavy atom. The van der Waals surface area contributed by atoms with Crippen molar-refractivity contribution in [3.8, 4) is 0 Å². The average Bonchev–Trinajstić information content (AvgIpc) is 3.64. The van der Waals surface area contributed by atoms with Crippen molar-refractivity contribution in [1.29, 1.82) is 0 Å². The number of benzene rings is 2. The third kappa shape index (κ3) is 5.27. The second-order valence-corrected chi connectivity index (χ2v) is 13.2. The minimum absolute atomic E-state index is 0.00757. The van der Waals surface area contributed by atoms with Crippen LogP contribution in [-0.2, 0) is 25.5 Å². The van der Waals surface area contributed by atoms with Gasteiger partial charge in [-0.1, -0.05) is 80.8 Å². The lowest BCUT2D eigenvalue weighted by Gasteiger charge is -2.39. The molecule has 2 N–H and O–H groups in total. The molecule has 0 unspecified atom stereocenters. The van der Waals surface area contributed by atoms with Crippen molar-refractivity contribution in [2.24, 2.45) is 23.7 Å². The molecule has 1 saturated carbocycles. The number of aryl methyl sites for hydroxylation is 1. The number of halogens is 2. The Kier molecular flexibility index (Phi) is 8.11. The van der Waals surface area contributed by atoms with Gasteiger partial charge in [0.25, 0.3) is 0 Å². The predicted molar refractivity (Wildman–Crippen MR) is 163 cm³/mol. The van der Waals surface area contributed by atoms with E-state index in [2.05, 4.69) is 36.6 Å². The van der Waals surface area contributed by atoms with E-state index in [1.165, 1.54) is 18.2 Å². The van der Waals surface area contributed by atoms with Crippen LogP contribution in [0.4, 0.5) is 10.1 Å². The van der Waals surface area contributed by atoms with E-state index in [1.807, 2.05) is 31.2 Å². The van der Waals surface area contributed by atoms with Gasteiger partial charge in [0.2, 0.25) is 17.7 Å². The summed E-state index contributed by atoms with van der Waals surface area (Å²) in [6.07, 6.45) is 7.43. The summed E-state index contributed by atoms with van der Waals surface area (Å²) in [4.78, 5) is 44.1. The minimum atomic E-state index is -1.25. The van der Waals surface area contributed by atoms with E-state index in [-0.39, 0.29) is 28.9 Å². The van der Waals surface area contributed by atoms with Crippen LogP contribution in [0.3, 0.4) is 0 Å². The number of nitrogens with one attached hydrogen (secondary N) is 2. The van der Waals surface area contributed by atoms with Crippen molar-refractivity contribution in [2.75, 3.05) is 5.32 Å². The van der Waals surface area contributed by atoms with Crippen LogP contribution in [0.25, 0.3) is 0 Å². The van der Waals surface area contributed by atoms with Gasteiger partial charge in [-0.25, -0.2) is 4.39 Å². The molecule has 2 saturated heterocycles. The lowest BCUT2D eigenvalue weighted by molar-refractivity contribution is -0.144. The number of ether oxygens (including phenoxy) is 1. The van der Waals surface area contributed by atoms with Crippen LogP contribution in [0, 0.1) is 29.5 Å². The number of nitrogens with zero attached hydrogens (tertiary/aromatic N) is 1. The number of carbonyl (C=O) groups excluding carboxylic acids is 3. The molecule has 2 aromatic rings. The van der Waals surface area contributed by atoms with Gasteiger partial charge in [0.1, 0.15) is 17.5 Å². The first kappa shape index (κ1) is 29.8. The molecule has 3 amide bonds. The van der Waals surface area contributed by atoms with Crippen molar-refractivity contribution in [1.82, 2.24) is 10.2 Å². The van der Waals surface area contributed by atoms with E-state index < -0.39 is 41.3 Å². The van der Waals surface area contributed by atoms with E-state index in [0.29, 0.717) is 23.9 Å². The first-order valence-electron chi connectivity index (χ1n) is 15.4. The van der Waals surface area contributed by atoms with E-state index in [4.69, 9.17) is 16.3 Å². The normalized spacial score (nSPS) is 33.4. The van der Waals surface area contributed by atoms with Crippen molar-refractivity contribution >= 4 is 35.0 Å². The number of amides is 3. The second kappa shape index (κ2) is 11.7. The molecule has 228 valence electrons. The maximum Gasteiger partial charge on any atom is 0.246 e. The van der Waals surface area contributed by atoms with Crippen LogP contribution in [0.15, 0.2) is 60.7 Å². The van der Waals surface area contributed by atoms with E-state index in [1.54, 1.807) is 11.0 Å². The molecule has 2 aromatic carbocycles. The standard InChI is InChI=1S/C34H39ClFN3O4/c1-19-8-7-11-26(21(19)3)38-32(41)30-34-17-16-27(43-34)28(31(40)37-23-14-15-25(36)24(35)18-23)29(34)33(42)39(30)20(2)12-13-22-9-5-4-6-10-22/h4-6,9-10,14-21,26-30H,7-8,11-13H2,1-3H3,(H,37,40)(H,38,41)/t19-,20-,21+,26+,27+,28+,29+,30+,34+/m1/s1. The fourth-order valence-electron chi connectivity index (χ4n) is 7.69. The summed E-state index contributed by atoms with van der Waals surface area (Å²) in [5.41, 5.74) is 0.224. The van der Waals surface area contributed by atoms with Crippen LogP contribution < -0.4 is 10.6 Å². The highest BCUT2D eigenvalue weighted by molar-refractivity contribution is 6.31. The van der Waals surface area contributed by atoms with E-state index in [9.17, 15) is 18.8 Å². The SMILES string of the molecule is C[C@H]1[C@H](C)CCC[C@@H]1NC(=O)[C@@H]1N([C@H](C)CCc2ccccc2)C(=O)[C@@H]2[C@@H](C(=O)Nc3ccc(F)c(Cl)c3)[C@@H]3C=C[C@]21O3. The van der Waals surface area contributed by atoms with Crippen LogP contribution in [0.2, 0.25) is 5.02 Å². The summed E-state index contributed by atoms with van der Waals surface area (Å²) in [5, 5.41) is 6.00. The van der Waals surface area contributed by atoms with Gasteiger partial charge < -0.3 is 20.3 Å².